The van der Waals surface area contributed by atoms with Gasteiger partial charge in [0.1, 0.15) is 17.1 Å². The average Bonchev–Trinajstić information content (AvgIpc) is 3.09. The Hall–Kier alpha value is -3.75. The zero-order valence-electron chi connectivity index (χ0n) is 18.9. The molecule has 0 bridgehead atoms. The van der Waals surface area contributed by atoms with Crippen LogP contribution in [0, 0.1) is 0 Å². The predicted molar refractivity (Wildman–Crippen MR) is 121 cm³/mol. The van der Waals surface area contributed by atoms with Crippen LogP contribution in [0.3, 0.4) is 0 Å². The normalized spacial score (nSPS) is 18.2. The molecule has 4 rings (SSSR count). The Bertz CT molecular complexity index is 1050. The lowest BCUT2D eigenvalue weighted by atomic mass is 10.2. The van der Waals surface area contributed by atoms with Crippen molar-refractivity contribution in [1.82, 2.24) is 9.80 Å². The lowest BCUT2D eigenvalue weighted by Gasteiger charge is -2.36. The second kappa shape index (κ2) is 8.65. The van der Waals surface area contributed by atoms with Crippen LogP contribution in [0.15, 0.2) is 48.5 Å². The number of nitrogens with zero attached hydrogens (tertiary/aromatic N) is 3. The molecule has 0 spiro atoms. The van der Waals surface area contributed by atoms with Crippen LogP contribution < -0.4 is 9.64 Å². The van der Waals surface area contributed by atoms with Crippen LogP contribution in [0.5, 0.6) is 11.5 Å². The van der Waals surface area contributed by atoms with E-state index in [1.54, 1.807) is 39.0 Å². The van der Waals surface area contributed by atoms with E-state index in [9.17, 15) is 14.4 Å². The minimum atomic E-state index is -0.994. The summed E-state index contributed by atoms with van der Waals surface area (Å²) in [5, 5.41) is 8.98. The number of ether oxygens (including phenoxy) is 2. The number of anilines is 1. The Morgan fingerprint density at radius 1 is 0.939 bits per heavy atom. The molecule has 1 unspecified atom stereocenters. The molecule has 2 aliphatic heterocycles. The molecule has 2 heterocycles. The summed E-state index contributed by atoms with van der Waals surface area (Å²) in [6.45, 7) is 7.33. The minimum Gasteiger partial charge on any atom is -0.478 e. The summed E-state index contributed by atoms with van der Waals surface area (Å²) in [5.41, 5.74) is 0.368. The van der Waals surface area contributed by atoms with Gasteiger partial charge >= 0.3 is 18.1 Å². The molecule has 2 aromatic carbocycles. The Kier molecular flexibility index (Phi) is 5.88. The summed E-state index contributed by atoms with van der Waals surface area (Å²) in [5.74, 6) is 0.0957. The van der Waals surface area contributed by atoms with E-state index in [-0.39, 0.29) is 23.7 Å². The number of piperazine rings is 1. The zero-order valence-corrected chi connectivity index (χ0v) is 18.9. The topological polar surface area (TPSA) is 99.6 Å². The van der Waals surface area contributed by atoms with Crippen molar-refractivity contribution in [2.75, 3.05) is 31.1 Å². The summed E-state index contributed by atoms with van der Waals surface area (Å²) in [6, 6.07) is 13.1. The lowest BCUT2D eigenvalue weighted by Crippen LogP contribution is -2.54. The summed E-state index contributed by atoms with van der Waals surface area (Å²) >= 11 is 0. The van der Waals surface area contributed by atoms with E-state index < -0.39 is 11.6 Å². The van der Waals surface area contributed by atoms with Gasteiger partial charge in [-0.25, -0.2) is 14.4 Å². The van der Waals surface area contributed by atoms with Crippen LogP contribution in [0.25, 0.3) is 0 Å². The van der Waals surface area contributed by atoms with Gasteiger partial charge in [0.05, 0.1) is 11.6 Å². The zero-order chi connectivity index (χ0) is 23.8. The number of amides is 3. The third-order valence-corrected chi connectivity index (χ3v) is 5.49. The Morgan fingerprint density at radius 2 is 1.55 bits per heavy atom. The third kappa shape index (κ3) is 5.02. The van der Waals surface area contributed by atoms with E-state index in [2.05, 4.69) is 0 Å². The molecular weight excluding hydrogens is 426 g/mol. The molecule has 0 aromatic heterocycles. The molecule has 2 saturated heterocycles. The van der Waals surface area contributed by atoms with E-state index in [0.717, 1.165) is 5.69 Å². The largest absolute Gasteiger partial charge is 0.478 e. The van der Waals surface area contributed by atoms with Gasteiger partial charge in [-0.1, -0.05) is 0 Å². The van der Waals surface area contributed by atoms with Gasteiger partial charge in [0.15, 0.2) is 0 Å². The van der Waals surface area contributed by atoms with E-state index in [1.807, 2.05) is 32.9 Å². The molecular formula is C24H27N3O6. The van der Waals surface area contributed by atoms with Gasteiger partial charge in [-0.2, -0.15) is 0 Å². The summed E-state index contributed by atoms with van der Waals surface area (Å²) in [4.78, 5) is 41.5. The maximum Gasteiger partial charge on any atom is 0.410 e. The predicted octanol–water partition coefficient (Wildman–Crippen LogP) is 4.04. The maximum absolute atomic E-state index is 12.9. The molecule has 2 aliphatic rings. The summed E-state index contributed by atoms with van der Waals surface area (Å²) < 4.78 is 11.2. The molecule has 0 saturated carbocycles. The highest BCUT2D eigenvalue weighted by molar-refractivity contribution is 5.95. The second-order valence-electron chi connectivity index (χ2n) is 9.09. The number of hydrogen-bond acceptors (Lipinski definition) is 5. The van der Waals surface area contributed by atoms with Crippen molar-refractivity contribution in [1.29, 1.82) is 0 Å². The standard InChI is InChI=1S/C24H27N3O6/c1-24(2,3)33-23(31)25-12-13-26-18(14-25)15-27(22(26)30)17-6-10-20(11-7-17)32-19-8-4-16(5-9-19)21(28)29/h4-11,18H,12-15H2,1-3H3,(H,28,29). The quantitative estimate of drug-likeness (QED) is 0.750. The van der Waals surface area contributed by atoms with Crippen molar-refractivity contribution in [2.45, 2.75) is 32.4 Å². The molecule has 0 radical (unpaired) electrons. The minimum absolute atomic E-state index is 0.0817. The number of fused-ring (bicyclic) bond motifs is 1. The second-order valence-corrected chi connectivity index (χ2v) is 9.09. The number of carboxylic acid groups (broad SMARTS) is 1. The van der Waals surface area contributed by atoms with Crippen molar-refractivity contribution in [3.63, 3.8) is 0 Å². The highest BCUT2D eigenvalue weighted by atomic mass is 16.6. The van der Waals surface area contributed by atoms with Gasteiger partial charge in [-0.15, -0.1) is 0 Å². The fraction of sp³-hybridized carbons (Fsp3) is 0.375. The Labute approximate surface area is 192 Å². The van der Waals surface area contributed by atoms with Crippen molar-refractivity contribution < 1.29 is 29.0 Å². The number of carbonyl (C=O) groups is 3. The van der Waals surface area contributed by atoms with E-state index >= 15 is 0 Å². The number of urea groups is 1. The average molecular weight is 453 g/mol. The van der Waals surface area contributed by atoms with E-state index in [0.29, 0.717) is 37.7 Å². The van der Waals surface area contributed by atoms with E-state index in [1.165, 1.54) is 12.1 Å². The summed E-state index contributed by atoms with van der Waals surface area (Å²) in [6.07, 6.45) is -0.356. The third-order valence-electron chi connectivity index (χ3n) is 5.49. The number of benzene rings is 2. The van der Waals surface area contributed by atoms with Gasteiger partial charge in [0, 0.05) is 31.9 Å². The molecule has 1 N–H and O–H groups in total. The van der Waals surface area contributed by atoms with Crippen LogP contribution >= 0.6 is 0 Å². The highest BCUT2D eigenvalue weighted by Gasteiger charge is 2.42. The molecule has 2 fully saturated rings. The molecule has 9 nitrogen and oxygen atoms in total. The first-order valence-corrected chi connectivity index (χ1v) is 10.8. The monoisotopic (exact) mass is 453 g/mol. The van der Waals surface area contributed by atoms with E-state index in [4.69, 9.17) is 14.6 Å². The first-order chi connectivity index (χ1) is 15.6. The molecule has 9 heteroatoms. The molecule has 1 atom stereocenters. The van der Waals surface area contributed by atoms with Crippen molar-refractivity contribution in [3.05, 3.63) is 54.1 Å². The van der Waals surface area contributed by atoms with Crippen molar-refractivity contribution >= 4 is 23.8 Å². The van der Waals surface area contributed by atoms with Gasteiger partial charge in [-0.05, 0) is 69.3 Å². The number of aromatic carboxylic acids is 1. The van der Waals surface area contributed by atoms with Gasteiger partial charge in [0.2, 0.25) is 0 Å². The van der Waals surface area contributed by atoms with Crippen molar-refractivity contribution in [2.24, 2.45) is 0 Å². The SMILES string of the molecule is CC(C)(C)OC(=O)N1CCN2C(=O)N(c3ccc(Oc4ccc(C(=O)O)cc4)cc3)CC2C1. The Balaban J connectivity index is 1.39. The number of rotatable bonds is 4. The Morgan fingerprint density at radius 3 is 2.12 bits per heavy atom. The maximum atomic E-state index is 12.9. The lowest BCUT2D eigenvalue weighted by molar-refractivity contribution is 0.0128. The van der Waals surface area contributed by atoms with Gasteiger partial charge in [0.25, 0.3) is 0 Å². The van der Waals surface area contributed by atoms with Crippen molar-refractivity contribution in [3.8, 4) is 11.5 Å². The van der Waals surface area contributed by atoms with Crippen LogP contribution in [0.2, 0.25) is 0 Å². The van der Waals surface area contributed by atoms with Crippen LogP contribution in [-0.4, -0.2) is 70.8 Å². The fourth-order valence-electron chi connectivity index (χ4n) is 3.91. The molecule has 0 aliphatic carbocycles. The molecule has 3 amide bonds. The first kappa shape index (κ1) is 22.4. The highest BCUT2D eigenvalue weighted by Crippen LogP contribution is 2.30. The number of hydrogen-bond donors (Lipinski definition) is 1. The van der Waals surface area contributed by atoms with Crippen LogP contribution in [0.1, 0.15) is 31.1 Å². The number of carboxylic acids is 1. The number of carbonyl (C=O) groups excluding carboxylic acids is 2. The van der Waals surface area contributed by atoms with Crippen LogP contribution in [-0.2, 0) is 4.74 Å². The van der Waals surface area contributed by atoms with Crippen LogP contribution in [0.4, 0.5) is 15.3 Å². The molecule has 174 valence electrons. The van der Waals surface area contributed by atoms with Gasteiger partial charge in [-0.3, -0.25) is 4.90 Å². The fourth-order valence-corrected chi connectivity index (χ4v) is 3.91. The molecule has 33 heavy (non-hydrogen) atoms. The summed E-state index contributed by atoms with van der Waals surface area (Å²) in [7, 11) is 0. The van der Waals surface area contributed by atoms with Gasteiger partial charge < -0.3 is 24.4 Å². The smallest absolute Gasteiger partial charge is 0.410 e. The molecule has 2 aromatic rings. The first-order valence-electron chi connectivity index (χ1n) is 10.8.